The van der Waals surface area contributed by atoms with Gasteiger partial charge in [0.1, 0.15) is 0 Å². The van der Waals surface area contributed by atoms with Crippen LogP contribution >= 0.6 is 23.2 Å². The molecule has 1 aromatic carbocycles. The van der Waals surface area contributed by atoms with Crippen LogP contribution < -0.4 is 0 Å². The summed E-state index contributed by atoms with van der Waals surface area (Å²) >= 11 is 12.2. The summed E-state index contributed by atoms with van der Waals surface area (Å²) < 4.78 is 0. The van der Waals surface area contributed by atoms with E-state index in [4.69, 9.17) is 23.2 Å². The van der Waals surface area contributed by atoms with Crippen LogP contribution in [0.1, 0.15) is 35.8 Å². The Morgan fingerprint density at radius 2 is 2.00 bits per heavy atom. The highest BCUT2D eigenvalue weighted by atomic mass is 35.5. The molecule has 0 amide bonds. The van der Waals surface area contributed by atoms with Gasteiger partial charge in [0.05, 0.1) is 0 Å². The summed E-state index contributed by atoms with van der Waals surface area (Å²) in [5.41, 5.74) is 2.90. The topological polar surface area (TPSA) is 0 Å². The molecule has 0 aliphatic heterocycles. The van der Waals surface area contributed by atoms with Crippen LogP contribution in [0.5, 0.6) is 0 Å². The van der Waals surface area contributed by atoms with Crippen LogP contribution in [0.4, 0.5) is 0 Å². The van der Waals surface area contributed by atoms with Crippen molar-refractivity contribution in [3.8, 4) is 0 Å². The second-order valence-corrected chi connectivity index (χ2v) is 5.06. The van der Waals surface area contributed by atoms with Crippen LogP contribution in [0.3, 0.4) is 0 Å². The average molecular weight is 213 g/mol. The van der Waals surface area contributed by atoms with Crippen molar-refractivity contribution in [3.05, 3.63) is 34.3 Å². The van der Waals surface area contributed by atoms with E-state index in [1.807, 2.05) is 6.07 Å². The molecule has 13 heavy (non-hydrogen) atoms. The van der Waals surface area contributed by atoms with Gasteiger partial charge >= 0.3 is 0 Å². The Bertz CT molecular complexity index is 359. The zero-order chi connectivity index (χ0) is 9.00. The largest absolute Gasteiger partial charge is 0.122 e. The fourth-order valence-corrected chi connectivity index (χ4v) is 3.43. The van der Waals surface area contributed by atoms with Gasteiger partial charge in [0.25, 0.3) is 0 Å². The summed E-state index contributed by atoms with van der Waals surface area (Å²) in [6.45, 7) is 0. The minimum absolute atomic E-state index is 0.360. The lowest BCUT2D eigenvalue weighted by molar-refractivity contribution is 0.726. The van der Waals surface area contributed by atoms with Crippen LogP contribution in [-0.2, 0) is 0 Å². The molecule has 2 bridgehead atoms. The molecule has 0 saturated heterocycles. The molecule has 0 unspecified atom stereocenters. The summed E-state index contributed by atoms with van der Waals surface area (Å²) in [4.78, 5) is 0. The Kier molecular flexibility index (Phi) is 1.66. The maximum absolute atomic E-state index is 6.24. The van der Waals surface area contributed by atoms with Gasteiger partial charge in [-0.1, -0.05) is 17.7 Å². The highest BCUT2D eigenvalue weighted by molar-refractivity contribution is 6.30. The molecule has 2 aliphatic rings. The number of hydrogen-bond acceptors (Lipinski definition) is 0. The van der Waals surface area contributed by atoms with Gasteiger partial charge in [-0.05, 0) is 42.0 Å². The Labute approximate surface area is 87.9 Å². The normalized spacial score (nSPS) is 35.1. The molecule has 0 radical (unpaired) electrons. The molecule has 1 fully saturated rings. The molecule has 1 aromatic rings. The number of hydrogen-bond donors (Lipinski definition) is 0. The third kappa shape index (κ3) is 1.05. The van der Waals surface area contributed by atoms with Crippen molar-refractivity contribution in [2.75, 3.05) is 0 Å². The Hall–Kier alpha value is -0.200. The first kappa shape index (κ1) is 8.14. The van der Waals surface area contributed by atoms with E-state index in [0.29, 0.717) is 17.2 Å². The molecule has 1 saturated carbocycles. The van der Waals surface area contributed by atoms with Crippen LogP contribution in [0.2, 0.25) is 5.02 Å². The summed E-state index contributed by atoms with van der Waals surface area (Å²) in [6.07, 6.45) is 2.38. The molecule has 3 atom stereocenters. The molecule has 2 heteroatoms. The number of fused-ring (bicyclic) bond motifs is 5. The zero-order valence-corrected chi connectivity index (χ0v) is 8.65. The predicted molar refractivity (Wildman–Crippen MR) is 55.8 cm³/mol. The van der Waals surface area contributed by atoms with E-state index < -0.39 is 0 Å². The second-order valence-electron chi connectivity index (χ2n) is 4.06. The Morgan fingerprint density at radius 3 is 2.85 bits per heavy atom. The molecule has 68 valence electrons. The molecular weight excluding hydrogens is 203 g/mol. The molecule has 0 heterocycles. The van der Waals surface area contributed by atoms with Crippen LogP contribution in [0, 0.1) is 0 Å². The Morgan fingerprint density at radius 1 is 1.15 bits per heavy atom. The molecule has 0 spiro atoms. The van der Waals surface area contributed by atoms with E-state index in [9.17, 15) is 0 Å². The van der Waals surface area contributed by atoms with E-state index in [2.05, 4.69) is 12.1 Å². The smallest absolute Gasteiger partial charge is 0.0410 e. The van der Waals surface area contributed by atoms with E-state index in [-0.39, 0.29) is 0 Å². The van der Waals surface area contributed by atoms with Crippen molar-refractivity contribution in [1.82, 2.24) is 0 Å². The van der Waals surface area contributed by atoms with Crippen molar-refractivity contribution in [2.24, 2.45) is 0 Å². The Balaban J connectivity index is 2.16. The van der Waals surface area contributed by atoms with Gasteiger partial charge in [0.2, 0.25) is 0 Å². The van der Waals surface area contributed by atoms with E-state index >= 15 is 0 Å². The van der Waals surface area contributed by atoms with Crippen molar-refractivity contribution in [1.29, 1.82) is 0 Å². The van der Waals surface area contributed by atoms with Crippen molar-refractivity contribution in [2.45, 2.75) is 30.1 Å². The first-order chi connectivity index (χ1) is 6.25. The SMILES string of the molecule is Clc1ccc2c(c1)[C@@H]1C[C@H]2[C@@H](Cl)C1. The average Bonchev–Trinajstić information content (AvgIpc) is 2.61. The lowest BCUT2D eigenvalue weighted by atomic mass is 9.92. The monoisotopic (exact) mass is 212 g/mol. The fourth-order valence-electron chi connectivity index (χ4n) is 2.80. The van der Waals surface area contributed by atoms with Gasteiger partial charge in [-0.3, -0.25) is 0 Å². The van der Waals surface area contributed by atoms with Gasteiger partial charge in [0.15, 0.2) is 0 Å². The van der Waals surface area contributed by atoms with Gasteiger partial charge in [-0.2, -0.15) is 0 Å². The summed E-state index contributed by atoms with van der Waals surface area (Å²) in [6, 6.07) is 6.24. The first-order valence-electron chi connectivity index (χ1n) is 4.69. The third-order valence-corrected chi connectivity index (χ3v) is 4.09. The lowest BCUT2D eigenvalue weighted by Gasteiger charge is -2.19. The number of alkyl halides is 1. The molecule has 0 N–H and O–H groups in total. The number of benzene rings is 1. The predicted octanol–water partition coefficient (Wildman–Crippen LogP) is 3.92. The summed E-state index contributed by atoms with van der Waals surface area (Å²) in [5.74, 6) is 1.28. The molecular formula is C11H10Cl2. The minimum atomic E-state index is 0.360. The minimum Gasteiger partial charge on any atom is -0.122 e. The molecule has 0 nitrogen and oxygen atoms in total. The molecule has 2 aliphatic carbocycles. The van der Waals surface area contributed by atoms with Crippen molar-refractivity contribution >= 4 is 23.2 Å². The van der Waals surface area contributed by atoms with Gasteiger partial charge < -0.3 is 0 Å². The summed E-state index contributed by atoms with van der Waals surface area (Å²) in [5, 5.41) is 1.22. The van der Waals surface area contributed by atoms with Crippen molar-refractivity contribution < 1.29 is 0 Å². The van der Waals surface area contributed by atoms with Crippen LogP contribution in [0.25, 0.3) is 0 Å². The zero-order valence-electron chi connectivity index (χ0n) is 7.13. The molecule has 0 aromatic heterocycles. The maximum atomic E-state index is 6.24. The van der Waals surface area contributed by atoms with Gasteiger partial charge in [0, 0.05) is 16.3 Å². The summed E-state index contributed by atoms with van der Waals surface area (Å²) in [7, 11) is 0. The third-order valence-electron chi connectivity index (χ3n) is 3.37. The number of halogens is 2. The lowest BCUT2D eigenvalue weighted by Crippen LogP contribution is -2.09. The van der Waals surface area contributed by atoms with Gasteiger partial charge in [-0.25, -0.2) is 0 Å². The van der Waals surface area contributed by atoms with Crippen LogP contribution in [-0.4, -0.2) is 5.38 Å². The van der Waals surface area contributed by atoms with E-state index in [1.54, 1.807) is 0 Å². The van der Waals surface area contributed by atoms with Crippen LogP contribution in [0.15, 0.2) is 18.2 Å². The van der Waals surface area contributed by atoms with Gasteiger partial charge in [-0.15, -0.1) is 11.6 Å². The molecule has 3 rings (SSSR count). The highest BCUT2D eigenvalue weighted by Gasteiger charge is 2.42. The quantitative estimate of drug-likeness (QED) is 0.573. The second kappa shape index (κ2) is 2.65. The fraction of sp³-hybridized carbons (Fsp3) is 0.455. The first-order valence-corrected chi connectivity index (χ1v) is 5.50. The van der Waals surface area contributed by atoms with E-state index in [0.717, 1.165) is 11.4 Å². The van der Waals surface area contributed by atoms with Crippen molar-refractivity contribution in [3.63, 3.8) is 0 Å². The maximum Gasteiger partial charge on any atom is 0.0410 e. The standard InChI is InChI=1S/C11H10Cl2/c12-7-1-2-8-9(5-7)6-3-10(8)11(13)4-6/h1-2,5-6,10-11H,3-4H2/t6-,10-,11+/m1/s1. The van der Waals surface area contributed by atoms with E-state index in [1.165, 1.54) is 17.5 Å². The highest BCUT2D eigenvalue weighted by Crippen LogP contribution is 2.55. The number of rotatable bonds is 0.